The molecular formula is C15H21N3O3. The van der Waals surface area contributed by atoms with Gasteiger partial charge in [-0.05, 0) is 19.3 Å². The highest BCUT2D eigenvalue weighted by atomic mass is 16.4. The summed E-state index contributed by atoms with van der Waals surface area (Å²) < 4.78 is 0. The number of carbonyl (C=O) groups is 1. The van der Waals surface area contributed by atoms with Crippen LogP contribution >= 0.6 is 0 Å². The summed E-state index contributed by atoms with van der Waals surface area (Å²) in [5.74, 6) is -0.688. The van der Waals surface area contributed by atoms with Gasteiger partial charge in [0.1, 0.15) is 11.9 Å². The fraction of sp³-hybridized carbons (Fsp3) is 0.667. The van der Waals surface area contributed by atoms with E-state index in [4.69, 9.17) is 0 Å². The van der Waals surface area contributed by atoms with E-state index in [2.05, 4.69) is 14.9 Å². The summed E-state index contributed by atoms with van der Waals surface area (Å²) >= 11 is 0. The molecule has 2 aliphatic rings. The lowest BCUT2D eigenvalue weighted by atomic mass is 9.71. The first kappa shape index (κ1) is 14.4. The molecular weight excluding hydrogens is 270 g/mol. The molecule has 2 unspecified atom stereocenters. The zero-order chi connectivity index (χ0) is 14.9. The van der Waals surface area contributed by atoms with Crippen molar-refractivity contribution in [2.24, 2.45) is 5.92 Å². The van der Waals surface area contributed by atoms with Gasteiger partial charge in [0.2, 0.25) is 0 Å². The van der Waals surface area contributed by atoms with E-state index in [1.54, 1.807) is 0 Å². The highest BCUT2D eigenvalue weighted by molar-refractivity contribution is 5.88. The second-order valence-electron chi connectivity index (χ2n) is 6.22. The quantitative estimate of drug-likeness (QED) is 0.873. The minimum Gasteiger partial charge on any atom is -0.478 e. The normalized spacial score (nSPS) is 29.9. The Morgan fingerprint density at radius 1 is 1.43 bits per heavy atom. The Balaban J connectivity index is 1.71. The van der Waals surface area contributed by atoms with Gasteiger partial charge in [0.15, 0.2) is 0 Å². The molecule has 2 fully saturated rings. The molecule has 0 bridgehead atoms. The minimum absolute atomic E-state index is 0.168. The molecule has 3 rings (SSSR count). The number of hydrogen-bond acceptors (Lipinski definition) is 5. The van der Waals surface area contributed by atoms with E-state index in [1.807, 2.05) is 0 Å². The topological polar surface area (TPSA) is 86.5 Å². The summed E-state index contributed by atoms with van der Waals surface area (Å²) in [4.78, 5) is 21.3. The van der Waals surface area contributed by atoms with Gasteiger partial charge in [-0.1, -0.05) is 12.8 Å². The third kappa shape index (κ3) is 2.91. The molecule has 1 saturated carbocycles. The molecule has 1 aromatic heterocycles. The first-order chi connectivity index (χ1) is 10.1. The van der Waals surface area contributed by atoms with Gasteiger partial charge in [-0.15, -0.1) is 0 Å². The lowest BCUT2D eigenvalue weighted by Crippen LogP contribution is -2.53. The van der Waals surface area contributed by atoms with E-state index in [1.165, 1.54) is 18.9 Å². The molecule has 1 aliphatic carbocycles. The van der Waals surface area contributed by atoms with E-state index in [0.717, 1.165) is 38.8 Å². The molecule has 114 valence electrons. The van der Waals surface area contributed by atoms with Crippen LogP contribution in [-0.4, -0.2) is 49.7 Å². The molecule has 1 aliphatic heterocycles. The van der Waals surface area contributed by atoms with Crippen LogP contribution in [0.25, 0.3) is 0 Å². The van der Waals surface area contributed by atoms with Gasteiger partial charge >= 0.3 is 5.97 Å². The summed E-state index contributed by atoms with van der Waals surface area (Å²) in [6.45, 7) is 2.12. The van der Waals surface area contributed by atoms with Crippen LogP contribution in [0.3, 0.4) is 0 Å². The number of fused-ring (bicyclic) bond motifs is 1. The Hall–Kier alpha value is -1.53. The minimum atomic E-state index is -0.989. The molecule has 1 saturated heterocycles. The van der Waals surface area contributed by atoms with Crippen LogP contribution in [0, 0.1) is 5.92 Å². The number of piperidine rings is 1. The molecule has 21 heavy (non-hydrogen) atoms. The van der Waals surface area contributed by atoms with Gasteiger partial charge in [-0.2, -0.15) is 0 Å². The van der Waals surface area contributed by atoms with Crippen molar-refractivity contribution >= 4 is 5.97 Å². The van der Waals surface area contributed by atoms with Crippen LogP contribution in [0.15, 0.2) is 12.5 Å². The predicted molar refractivity (Wildman–Crippen MR) is 75.8 cm³/mol. The SMILES string of the molecule is O=C(O)c1cncnc1CN1CCC2(O)CCCCC2C1. The number of aliphatic hydroxyl groups is 1. The van der Waals surface area contributed by atoms with Crippen molar-refractivity contribution in [3.05, 3.63) is 23.8 Å². The smallest absolute Gasteiger partial charge is 0.339 e. The summed E-state index contributed by atoms with van der Waals surface area (Å²) in [5, 5.41) is 19.9. The average Bonchev–Trinajstić information content (AvgIpc) is 2.48. The Morgan fingerprint density at radius 2 is 2.29 bits per heavy atom. The Bertz CT molecular complexity index is 537. The largest absolute Gasteiger partial charge is 0.478 e. The zero-order valence-electron chi connectivity index (χ0n) is 12.0. The molecule has 2 heterocycles. The molecule has 0 radical (unpaired) electrons. The van der Waals surface area contributed by atoms with Crippen LogP contribution in [0.5, 0.6) is 0 Å². The second kappa shape index (κ2) is 5.69. The third-order valence-electron chi connectivity index (χ3n) is 4.91. The third-order valence-corrected chi connectivity index (χ3v) is 4.91. The summed E-state index contributed by atoms with van der Waals surface area (Å²) in [6.07, 6.45) is 7.76. The summed E-state index contributed by atoms with van der Waals surface area (Å²) in [6, 6.07) is 0. The number of hydrogen-bond donors (Lipinski definition) is 2. The van der Waals surface area contributed by atoms with E-state index in [0.29, 0.717) is 18.2 Å². The molecule has 0 amide bonds. The van der Waals surface area contributed by atoms with Crippen molar-refractivity contribution in [3.8, 4) is 0 Å². The van der Waals surface area contributed by atoms with Crippen LogP contribution < -0.4 is 0 Å². The zero-order valence-corrected chi connectivity index (χ0v) is 12.0. The lowest BCUT2D eigenvalue weighted by molar-refractivity contribution is -0.0969. The van der Waals surface area contributed by atoms with Gasteiger partial charge in [-0.3, -0.25) is 4.90 Å². The first-order valence-corrected chi connectivity index (χ1v) is 7.55. The van der Waals surface area contributed by atoms with Crippen molar-refractivity contribution in [1.29, 1.82) is 0 Å². The maximum atomic E-state index is 11.2. The van der Waals surface area contributed by atoms with Crippen LogP contribution in [0.2, 0.25) is 0 Å². The van der Waals surface area contributed by atoms with Gasteiger partial charge in [-0.25, -0.2) is 14.8 Å². The highest BCUT2D eigenvalue weighted by Crippen LogP contribution is 2.40. The molecule has 6 heteroatoms. The molecule has 6 nitrogen and oxygen atoms in total. The summed E-state index contributed by atoms with van der Waals surface area (Å²) in [7, 11) is 0. The van der Waals surface area contributed by atoms with Crippen molar-refractivity contribution in [2.45, 2.75) is 44.2 Å². The first-order valence-electron chi connectivity index (χ1n) is 7.55. The fourth-order valence-electron chi connectivity index (χ4n) is 3.65. The van der Waals surface area contributed by atoms with Crippen molar-refractivity contribution < 1.29 is 15.0 Å². The number of carboxylic acid groups (broad SMARTS) is 1. The van der Waals surface area contributed by atoms with E-state index < -0.39 is 11.6 Å². The number of carboxylic acids is 1. The van der Waals surface area contributed by atoms with E-state index >= 15 is 0 Å². The number of likely N-dealkylation sites (tertiary alicyclic amines) is 1. The number of aromatic nitrogens is 2. The lowest BCUT2D eigenvalue weighted by Gasteiger charge is -2.47. The second-order valence-corrected chi connectivity index (χ2v) is 6.22. The average molecular weight is 291 g/mol. The van der Waals surface area contributed by atoms with Crippen LogP contribution in [0.4, 0.5) is 0 Å². The molecule has 2 N–H and O–H groups in total. The number of nitrogens with zero attached hydrogens (tertiary/aromatic N) is 3. The number of aromatic carboxylic acids is 1. The fourth-order valence-corrected chi connectivity index (χ4v) is 3.65. The van der Waals surface area contributed by atoms with Gasteiger partial charge in [0.05, 0.1) is 11.3 Å². The Kier molecular flexibility index (Phi) is 3.91. The van der Waals surface area contributed by atoms with Crippen molar-refractivity contribution in [3.63, 3.8) is 0 Å². The highest BCUT2D eigenvalue weighted by Gasteiger charge is 2.42. The van der Waals surface area contributed by atoms with E-state index in [9.17, 15) is 15.0 Å². The molecule has 0 spiro atoms. The monoisotopic (exact) mass is 291 g/mol. The maximum absolute atomic E-state index is 11.2. The van der Waals surface area contributed by atoms with Gasteiger partial charge in [0, 0.05) is 31.7 Å². The Morgan fingerprint density at radius 3 is 3.10 bits per heavy atom. The molecule has 2 atom stereocenters. The maximum Gasteiger partial charge on any atom is 0.339 e. The van der Waals surface area contributed by atoms with Gasteiger partial charge in [0.25, 0.3) is 0 Å². The molecule has 1 aromatic rings. The van der Waals surface area contributed by atoms with E-state index in [-0.39, 0.29) is 5.56 Å². The van der Waals surface area contributed by atoms with Crippen molar-refractivity contribution in [2.75, 3.05) is 13.1 Å². The van der Waals surface area contributed by atoms with Gasteiger partial charge < -0.3 is 10.2 Å². The molecule has 0 aromatic carbocycles. The predicted octanol–water partition coefficient (Wildman–Crippen LogP) is 1.30. The van der Waals surface area contributed by atoms with Crippen LogP contribution in [0.1, 0.15) is 48.2 Å². The summed E-state index contributed by atoms with van der Waals surface area (Å²) in [5.41, 5.74) is 0.219. The Labute approximate surface area is 123 Å². The van der Waals surface area contributed by atoms with Crippen molar-refractivity contribution in [1.82, 2.24) is 14.9 Å². The number of rotatable bonds is 3. The standard InChI is InChI=1S/C15H21N3O3/c19-14(20)12-7-16-10-17-13(12)9-18-6-5-15(21)4-2-1-3-11(15)8-18/h7,10-11,21H,1-6,8-9H2,(H,19,20). The van der Waals surface area contributed by atoms with Crippen LogP contribution in [-0.2, 0) is 6.54 Å².